The Balaban J connectivity index is 0.000000415. The van der Waals surface area contributed by atoms with Gasteiger partial charge in [0.2, 0.25) is 21.7 Å². The molecule has 0 saturated carbocycles. The van der Waals surface area contributed by atoms with E-state index in [1.807, 2.05) is 6.26 Å². The third-order valence-electron chi connectivity index (χ3n) is 5.16. The molecule has 14 nitrogen and oxygen atoms in total. The van der Waals surface area contributed by atoms with Gasteiger partial charge in [0, 0.05) is 24.3 Å². The van der Waals surface area contributed by atoms with Crippen molar-refractivity contribution in [3.05, 3.63) is 36.4 Å². The van der Waals surface area contributed by atoms with Crippen molar-refractivity contribution in [1.29, 1.82) is 0 Å². The predicted octanol–water partition coefficient (Wildman–Crippen LogP) is 1.32. The highest BCUT2D eigenvalue weighted by molar-refractivity contribution is 8.01. The van der Waals surface area contributed by atoms with Gasteiger partial charge >= 0.3 is 23.9 Å². The smallest absolute Gasteiger partial charge is 0.334 e. The molecule has 2 rings (SSSR count). The van der Waals surface area contributed by atoms with Crippen molar-refractivity contribution < 1.29 is 48.5 Å². The Bertz CT molecular complexity index is 1100. The minimum absolute atomic E-state index is 0.103. The molecule has 0 radical (unpaired) electrons. The van der Waals surface area contributed by atoms with Crippen LogP contribution in [-0.2, 0) is 28.7 Å². The van der Waals surface area contributed by atoms with Crippen LogP contribution in [0.1, 0.15) is 41.4 Å². The molecule has 16 heteroatoms. The van der Waals surface area contributed by atoms with Crippen molar-refractivity contribution in [2.45, 2.75) is 25.0 Å². The molecule has 4 N–H and O–H groups in total. The van der Waals surface area contributed by atoms with E-state index in [-0.39, 0.29) is 24.5 Å². The molecule has 1 unspecified atom stereocenters. The molecule has 0 aliphatic heterocycles. The van der Waals surface area contributed by atoms with Crippen LogP contribution in [0.5, 0.6) is 0 Å². The van der Waals surface area contributed by atoms with Gasteiger partial charge in [-0.1, -0.05) is 6.92 Å². The molecule has 2 heterocycles. The fourth-order valence-corrected chi connectivity index (χ4v) is 3.67. The maximum Gasteiger partial charge on any atom is 0.334 e. The number of nitrogens with zero attached hydrogens (tertiary/aromatic N) is 2. The Labute approximate surface area is 225 Å². The SMILES string of the molecule is CC(C(=O)O)(C(=O)O)C(=O)c1c[nH]cn1.CCC(SC)(C(=O)OCCSC)C(=O)OCC(=O)c1ncc[nH]1. The Morgan fingerprint density at radius 2 is 1.66 bits per heavy atom. The summed E-state index contributed by atoms with van der Waals surface area (Å²) in [5, 5.41) is 17.5. The van der Waals surface area contributed by atoms with Crippen molar-refractivity contribution in [3.63, 3.8) is 0 Å². The molecule has 2 aromatic rings. The number of carbonyl (C=O) groups excluding carboxylic acids is 4. The Kier molecular flexibility index (Phi) is 12.7. The van der Waals surface area contributed by atoms with Crippen molar-refractivity contribution >= 4 is 59.0 Å². The number of aromatic amines is 2. The molecule has 208 valence electrons. The topological polar surface area (TPSA) is 219 Å². The van der Waals surface area contributed by atoms with Crippen molar-refractivity contribution in [1.82, 2.24) is 19.9 Å². The average Bonchev–Trinajstić information content (AvgIpc) is 3.62. The first-order valence-electron chi connectivity index (χ1n) is 10.8. The number of hydrogen-bond acceptors (Lipinski definition) is 12. The molecule has 0 bridgehead atoms. The summed E-state index contributed by atoms with van der Waals surface area (Å²) in [5.41, 5.74) is -2.72. The summed E-state index contributed by atoms with van der Waals surface area (Å²) in [4.78, 5) is 81.9. The molecule has 0 aromatic carbocycles. The van der Waals surface area contributed by atoms with Crippen molar-refractivity contribution in [2.24, 2.45) is 5.41 Å². The first-order chi connectivity index (χ1) is 17.9. The average molecular weight is 573 g/mol. The van der Waals surface area contributed by atoms with Gasteiger partial charge in [-0.2, -0.15) is 11.8 Å². The Morgan fingerprint density at radius 1 is 1.03 bits per heavy atom. The van der Waals surface area contributed by atoms with Gasteiger partial charge in [-0.05, 0) is 25.9 Å². The van der Waals surface area contributed by atoms with Gasteiger partial charge in [-0.25, -0.2) is 19.6 Å². The zero-order valence-corrected chi connectivity index (χ0v) is 22.6. The molecule has 0 saturated heterocycles. The molecule has 0 amide bonds. The Morgan fingerprint density at radius 3 is 2.11 bits per heavy atom. The van der Waals surface area contributed by atoms with Gasteiger partial charge < -0.3 is 29.7 Å². The van der Waals surface area contributed by atoms with Gasteiger partial charge in [0.1, 0.15) is 12.3 Å². The summed E-state index contributed by atoms with van der Waals surface area (Å²) in [6, 6.07) is 0. The number of thioether (sulfide) groups is 2. The standard InChI is InChI=1S/C14H20N2O5S2.C8H8N2O5/c1-4-14(23-3,12(18)20-7-8-22-2)13(19)21-9-10(17)11-15-5-6-16-11;1-8(6(12)13,7(14)15)5(11)4-2-9-3-10-4/h5-6H,4,7-9H2,1-3H3,(H,15,16);2-3H,1H3,(H,9,10)(H,12,13)(H,14,15). The van der Waals surface area contributed by atoms with Gasteiger partial charge in [0.15, 0.2) is 12.4 Å². The van der Waals surface area contributed by atoms with E-state index in [2.05, 4.69) is 19.9 Å². The molecular formula is C22H28N4O10S2. The third kappa shape index (κ3) is 7.67. The van der Waals surface area contributed by atoms with Crippen molar-refractivity contribution in [2.75, 3.05) is 31.5 Å². The number of hydrogen-bond donors (Lipinski definition) is 4. The maximum absolute atomic E-state index is 12.3. The maximum atomic E-state index is 12.3. The summed E-state index contributed by atoms with van der Waals surface area (Å²) in [5.74, 6) is -5.64. The van der Waals surface area contributed by atoms with E-state index >= 15 is 0 Å². The van der Waals surface area contributed by atoms with Gasteiger partial charge in [0.05, 0.1) is 6.33 Å². The van der Waals surface area contributed by atoms with E-state index in [1.54, 1.807) is 13.2 Å². The second kappa shape index (κ2) is 14.9. The van der Waals surface area contributed by atoms with Crippen LogP contribution in [0.15, 0.2) is 24.9 Å². The fraction of sp³-hybridized carbons (Fsp3) is 0.455. The van der Waals surface area contributed by atoms with Crippen LogP contribution in [0.2, 0.25) is 0 Å². The molecule has 0 aliphatic rings. The Hall–Kier alpha value is -3.66. The number of esters is 2. The molecule has 0 fully saturated rings. The monoisotopic (exact) mass is 572 g/mol. The number of carboxylic acids is 2. The number of aromatic nitrogens is 4. The molecule has 0 aliphatic carbocycles. The van der Waals surface area contributed by atoms with Crippen LogP contribution in [0.25, 0.3) is 0 Å². The number of carboxylic acid groups (broad SMARTS) is 2. The van der Waals surface area contributed by atoms with Crippen molar-refractivity contribution in [3.8, 4) is 0 Å². The quantitative estimate of drug-likeness (QED) is 0.109. The third-order valence-corrected chi connectivity index (χ3v) is 7.06. The highest BCUT2D eigenvalue weighted by Gasteiger charge is 2.50. The van der Waals surface area contributed by atoms with E-state index in [0.717, 1.165) is 31.2 Å². The van der Waals surface area contributed by atoms with Crippen LogP contribution < -0.4 is 0 Å². The number of H-pyrrole nitrogens is 2. The van der Waals surface area contributed by atoms with E-state index in [4.69, 9.17) is 19.7 Å². The minimum atomic E-state index is -2.50. The zero-order chi connectivity index (χ0) is 28.9. The summed E-state index contributed by atoms with van der Waals surface area (Å²) in [6.45, 7) is 2.27. The van der Waals surface area contributed by atoms with Crippen LogP contribution in [0, 0.1) is 5.41 Å². The van der Waals surface area contributed by atoms with E-state index < -0.39 is 52.2 Å². The highest BCUT2D eigenvalue weighted by atomic mass is 32.2. The number of aliphatic carboxylic acids is 2. The summed E-state index contributed by atoms with van der Waals surface area (Å²) < 4.78 is 8.72. The summed E-state index contributed by atoms with van der Waals surface area (Å²) in [6.07, 6.45) is 8.97. The lowest BCUT2D eigenvalue weighted by molar-refractivity contribution is -0.160. The molecular weight excluding hydrogens is 544 g/mol. The lowest BCUT2D eigenvalue weighted by Gasteiger charge is -2.25. The second-order valence-electron chi connectivity index (χ2n) is 7.47. The first kappa shape index (κ1) is 32.4. The number of rotatable bonds is 14. The van der Waals surface area contributed by atoms with E-state index in [1.165, 1.54) is 24.2 Å². The van der Waals surface area contributed by atoms with Crippen LogP contribution in [0.3, 0.4) is 0 Å². The van der Waals surface area contributed by atoms with E-state index in [0.29, 0.717) is 5.75 Å². The molecule has 1 atom stereocenters. The molecule has 0 spiro atoms. The molecule has 2 aromatic heterocycles. The lowest BCUT2D eigenvalue weighted by Crippen LogP contribution is -2.46. The van der Waals surface area contributed by atoms with Crippen LogP contribution in [0.4, 0.5) is 0 Å². The number of carbonyl (C=O) groups is 6. The highest BCUT2D eigenvalue weighted by Crippen LogP contribution is 2.30. The normalized spacial score (nSPS) is 12.3. The largest absolute Gasteiger partial charge is 0.480 e. The zero-order valence-electron chi connectivity index (χ0n) is 21.0. The summed E-state index contributed by atoms with van der Waals surface area (Å²) in [7, 11) is 0. The van der Waals surface area contributed by atoms with Gasteiger partial charge in [-0.15, -0.1) is 11.8 Å². The minimum Gasteiger partial charge on any atom is -0.480 e. The number of ketones is 2. The fourth-order valence-electron chi connectivity index (χ4n) is 2.68. The lowest BCUT2D eigenvalue weighted by atomic mass is 9.84. The number of ether oxygens (including phenoxy) is 2. The second-order valence-corrected chi connectivity index (χ2v) is 9.56. The van der Waals surface area contributed by atoms with Gasteiger partial charge in [-0.3, -0.25) is 19.2 Å². The number of Topliss-reactive ketones (excluding diaryl/α,β-unsaturated/α-hetero) is 2. The van der Waals surface area contributed by atoms with Gasteiger partial charge in [0.25, 0.3) is 0 Å². The predicted molar refractivity (Wildman–Crippen MR) is 136 cm³/mol. The van der Waals surface area contributed by atoms with Crippen LogP contribution >= 0.6 is 23.5 Å². The summed E-state index contributed by atoms with van der Waals surface area (Å²) >= 11 is 2.59. The molecule has 38 heavy (non-hydrogen) atoms. The first-order valence-corrected chi connectivity index (χ1v) is 13.5. The number of nitrogens with one attached hydrogen (secondary N) is 2. The number of imidazole rings is 2. The van der Waals surface area contributed by atoms with E-state index in [9.17, 15) is 28.8 Å². The van der Waals surface area contributed by atoms with Crippen LogP contribution in [-0.4, -0.2) is 102 Å².